The number of rotatable bonds is 5. The second-order valence-electron chi connectivity index (χ2n) is 3.85. The molecule has 2 rings (SSSR count). The van der Waals surface area contributed by atoms with Crippen LogP contribution in [-0.4, -0.2) is 22.1 Å². The number of hydrogen-bond acceptors (Lipinski definition) is 5. The minimum absolute atomic E-state index is 0.189. The van der Waals surface area contributed by atoms with Crippen LogP contribution in [-0.2, 0) is 0 Å². The molecular weight excluding hydrogens is 314 g/mol. The molecule has 0 unspecified atom stereocenters. The monoisotopic (exact) mass is 327 g/mol. The normalized spacial score (nSPS) is 12.6. The van der Waals surface area contributed by atoms with Gasteiger partial charge in [-0.2, -0.15) is 16.7 Å². The molecule has 0 radical (unpaired) electrons. The van der Waals surface area contributed by atoms with Crippen molar-refractivity contribution in [2.45, 2.75) is 12.5 Å². The fraction of sp³-hybridized carbons (Fsp3) is 0.333. The molecule has 0 bridgehead atoms. The third kappa shape index (κ3) is 3.34. The summed E-state index contributed by atoms with van der Waals surface area (Å²) in [6.45, 7) is 0. The molecule has 0 aliphatic carbocycles. The average Bonchev–Trinajstić information content (AvgIpc) is 2.85. The molecule has 4 nitrogen and oxygen atoms in total. The fourth-order valence-corrected chi connectivity index (χ4v) is 2.39. The maximum Gasteiger partial charge on any atom is 0.243 e. The Bertz CT molecular complexity index is 518. The van der Waals surface area contributed by atoms with Gasteiger partial charge < -0.3 is 10.3 Å². The van der Waals surface area contributed by atoms with Gasteiger partial charge in [0.25, 0.3) is 0 Å². The van der Waals surface area contributed by atoms with Gasteiger partial charge in [0.2, 0.25) is 11.7 Å². The Hall–Kier alpha value is -0.850. The molecule has 2 N–H and O–H groups in total. The van der Waals surface area contributed by atoms with E-state index in [0.717, 1.165) is 22.2 Å². The molecule has 0 saturated carbocycles. The zero-order chi connectivity index (χ0) is 13.0. The van der Waals surface area contributed by atoms with E-state index in [1.165, 1.54) is 0 Å². The maximum absolute atomic E-state index is 5.98. The lowest BCUT2D eigenvalue weighted by molar-refractivity contribution is 0.353. The molecule has 0 spiro atoms. The van der Waals surface area contributed by atoms with Gasteiger partial charge >= 0.3 is 0 Å². The van der Waals surface area contributed by atoms with E-state index >= 15 is 0 Å². The number of aromatic nitrogens is 2. The van der Waals surface area contributed by atoms with Gasteiger partial charge in [-0.3, -0.25) is 0 Å². The van der Waals surface area contributed by atoms with Crippen molar-refractivity contribution in [2.24, 2.45) is 5.73 Å². The van der Waals surface area contributed by atoms with Gasteiger partial charge in [-0.1, -0.05) is 33.2 Å². The second kappa shape index (κ2) is 6.36. The first-order valence-electron chi connectivity index (χ1n) is 5.55. The standard InChI is InChI=1S/C12H14BrN3OS/c1-18-6-5-10(14)12-15-11(16-17-12)8-3-2-4-9(13)7-8/h2-4,7,10H,5-6,14H2,1H3/t10-/m1/s1. The topological polar surface area (TPSA) is 64.9 Å². The summed E-state index contributed by atoms with van der Waals surface area (Å²) < 4.78 is 6.19. The molecular formula is C12H14BrN3OS. The van der Waals surface area contributed by atoms with Crippen molar-refractivity contribution in [3.8, 4) is 11.4 Å². The second-order valence-corrected chi connectivity index (χ2v) is 5.76. The van der Waals surface area contributed by atoms with E-state index in [9.17, 15) is 0 Å². The first kappa shape index (κ1) is 13.6. The van der Waals surface area contributed by atoms with E-state index in [2.05, 4.69) is 26.1 Å². The third-order valence-corrected chi connectivity index (χ3v) is 3.61. The molecule has 1 atom stereocenters. The van der Waals surface area contributed by atoms with E-state index < -0.39 is 0 Å². The van der Waals surface area contributed by atoms with Crippen molar-refractivity contribution >= 4 is 27.7 Å². The van der Waals surface area contributed by atoms with Crippen molar-refractivity contribution in [1.82, 2.24) is 10.1 Å². The van der Waals surface area contributed by atoms with Crippen LogP contribution >= 0.6 is 27.7 Å². The van der Waals surface area contributed by atoms with Gasteiger partial charge in [0.1, 0.15) is 0 Å². The summed E-state index contributed by atoms with van der Waals surface area (Å²) in [4.78, 5) is 4.34. The highest BCUT2D eigenvalue weighted by atomic mass is 79.9. The Balaban J connectivity index is 2.15. The largest absolute Gasteiger partial charge is 0.337 e. The summed E-state index contributed by atoms with van der Waals surface area (Å²) >= 11 is 5.17. The summed E-state index contributed by atoms with van der Waals surface area (Å²) in [5, 5.41) is 3.96. The van der Waals surface area contributed by atoms with Crippen LogP contribution in [0.2, 0.25) is 0 Å². The Kier molecular flexibility index (Phi) is 4.79. The highest BCUT2D eigenvalue weighted by Crippen LogP contribution is 2.22. The van der Waals surface area contributed by atoms with E-state index in [1.54, 1.807) is 11.8 Å². The zero-order valence-corrected chi connectivity index (χ0v) is 12.4. The SMILES string of the molecule is CSCC[C@@H](N)c1nc(-c2cccc(Br)c2)no1. The van der Waals surface area contributed by atoms with E-state index in [-0.39, 0.29) is 6.04 Å². The molecule has 0 aliphatic rings. The first-order valence-corrected chi connectivity index (χ1v) is 7.73. The van der Waals surface area contributed by atoms with Gasteiger partial charge in [-0.25, -0.2) is 0 Å². The van der Waals surface area contributed by atoms with Crippen LogP contribution in [0.15, 0.2) is 33.3 Å². The molecule has 6 heteroatoms. The minimum Gasteiger partial charge on any atom is -0.337 e. The predicted molar refractivity (Wildman–Crippen MR) is 77.4 cm³/mol. The summed E-state index contributed by atoms with van der Waals surface area (Å²) in [6, 6.07) is 7.58. The summed E-state index contributed by atoms with van der Waals surface area (Å²) in [7, 11) is 0. The average molecular weight is 328 g/mol. The van der Waals surface area contributed by atoms with E-state index in [0.29, 0.717) is 11.7 Å². The lowest BCUT2D eigenvalue weighted by atomic mass is 10.2. The van der Waals surface area contributed by atoms with Crippen molar-refractivity contribution in [1.29, 1.82) is 0 Å². The van der Waals surface area contributed by atoms with Crippen molar-refractivity contribution < 1.29 is 4.52 Å². The summed E-state index contributed by atoms with van der Waals surface area (Å²) in [5.41, 5.74) is 6.90. The molecule has 1 aromatic heterocycles. The van der Waals surface area contributed by atoms with Gasteiger partial charge in [0.05, 0.1) is 6.04 Å². The van der Waals surface area contributed by atoms with Crippen molar-refractivity contribution in [3.63, 3.8) is 0 Å². The highest BCUT2D eigenvalue weighted by Gasteiger charge is 2.15. The smallest absolute Gasteiger partial charge is 0.243 e. The Morgan fingerprint density at radius 3 is 3.06 bits per heavy atom. The maximum atomic E-state index is 5.98. The number of halogens is 1. The number of hydrogen-bond donors (Lipinski definition) is 1. The van der Waals surface area contributed by atoms with Crippen LogP contribution < -0.4 is 5.73 Å². The summed E-state index contributed by atoms with van der Waals surface area (Å²) in [6.07, 6.45) is 2.88. The third-order valence-electron chi connectivity index (χ3n) is 2.47. The van der Waals surface area contributed by atoms with Gasteiger partial charge in [-0.05, 0) is 30.6 Å². The van der Waals surface area contributed by atoms with Crippen molar-refractivity contribution in [2.75, 3.05) is 12.0 Å². The molecule has 0 fully saturated rings. The van der Waals surface area contributed by atoms with Crippen LogP contribution in [0.1, 0.15) is 18.4 Å². The first-order chi connectivity index (χ1) is 8.70. The van der Waals surface area contributed by atoms with E-state index in [1.807, 2.05) is 30.5 Å². The summed E-state index contributed by atoms with van der Waals surface area (Å²) in [5.74, 6) is 2.06. The molecule has 18 heavy (non-hydrogen) atoms. The van der Waals surface area contributed by atoms with Crippen LogP contribution in [0.25, 0.3) is 11.4 Å². The number of nitrogens with zero attached hydrogens (tertiary/aromatic N) is 2. The zero-order valence-electron chi connectivity index (χ0n) is 9.97. The molecule has 96 valence electrons. The quantitative estimate of drug-likeness (QED) is 0.913. The van der Waals surface area contributed by atoms with Gasteiger partial charge in [0.15, 0.2) is 0 Å². The lowest BCUT2D eigenvalue weighted by Gasteiger charge is -2.03. The molecule has 2 aromatic rings. The molecule has 1 aromatic carbocycles. The fourth-order valence-electron chi connectivity index (χ4n) is 1.50. The van der Waals surface area contributed by atoms with Crippen molar-refractivity contribution in [3.05, 3.63) is 34.6 Å². The Labute approximate surface area is 118 Å². The minimum atomic E-state index is -0.189. The number of thioether (sulfide) groups is 1. The van der Waals surface area contributed by atoms with Crippen LogP contribution in [0, 0.1) is 0 Å². The molecule has 1 heterocycles. The molecule has 0 amide bonds. The van der Waals surface area contributed by atoms with Crippen LogP contribution in [0.5, 0.6) is 0 Å². The number of benzene rings is 1. The van der Waals surface area contributed by atoms with E-state index in [4.69, 9.17) is 10.3 Å². The molecule has 0 saturated heterocycles. The van der Waals surface area contributed by atoms with Gasteiger partial charge in [-0.15, -0.1) is 0 Å². The van der Waals surface area contributed by atoms with Gasteiger partial charge in [0, 0.05) is 10.0 Å². The van der Waals surface area contributed by atoms with Crippen LogP contribution in [0.3, 0.4) is 0 Å². The lowest BCUT2D eigenvalue weighted by Crippen LogP contribution is -2.11. The Morgan fingerprint density at radius 2 is 2.33 bits per heavy atom. The number of nitrogens with two attached hydrogens (primary N) is 1. The molecule has 0 aliphatic heterocycles. The Morgan fingerprint density at radius 1 is 1.50 bits per heavy atom. The predicted octanol–water partition coefficient (Wildman–Crippen LogP) is 3.25. The highest BCUT2D eigenvalue weighted by molar-refractivity contribution is 9.10. The van der Waals surface area contributed by atoms with Crippen LogP contribution in [0.4, 0.5) is 0 Å².